The van der Waals surface area contributed by atoms with Gasteiger partial charge in [0.15, 0.2) is 0 Å². The number of fused-ring (bicyclic) bond motifs is 2. The lowest BCUT2D eigenvalue weighted by Crippen LogP contribution is -2.12. The lowest BCUT2D eigenvalue weighted by molar-refractivity contribution is 0.601. The molecule has 0 saturated heterocycles. The third-order valence-corrected chi connectivity index (χ3v) is 5.02. The molecular formula is C16H13N3O2S. The molecule has 2 heterocycles. The van der Waals surface area contributed by atoms with Crippen LogP contribution in [0.5, 0.6) is 0 Å². The highest BCUT2D eigenvalue weighted by molar-refractivity contribution is 7.92. The second-order valence-electron chi connectivity index (χ2n) is 5.11. The Hall–Kier alpha value is -2.73. The fourth-order valence-corrected chi connectivity index (χ4v) is 3.59. The van der Waals surface area contributed by atoms with Gasteiger partial charge in [-0.3, -0.25) is 4.72 Å². The van der Waals surface area contributed by atoms with Crippen LogP contribution in [0.1, 0.15) is 0 Å². The van der Waals surface area contributed by atoms with Gasteiger partial charge < -0.3 is 9.97 Å². The number of aromatic amines is 2. The second-order valence-corrected chi connectivity index (χ2v) is 6.79. The summed E-state index contributed by atoms with van der Waals surface area (Å²) >= 11 is 0. The number of H-pyrrole nitrogens is 2. The first-order valence-electron chi connectivity index (χ1n) is 6.79. The maximum absolute atomic E-state index is 12.5. The Bertz CT molecular complexity index is 1080. The van der Waals surface area contributed by atoms with E-state index in [0.29, 0.717) is 5.69 Å². The molecule has 0 radical (unpaired) electrons. The maximum atomic E-state index is 12.5. The van der Waals surface area contributed by atoms with Crippen LogP contribution in [0.15, 0.2) is 65.8 Å². The maximum Gasteiger partial charge on any atom is 0.261 e. The molecule has 2 aromatic heterocycles. The van der Waals surface area contributed by atoms with E-state index in [1.807, 2.05) is 24.4 Å². The molecule has 6 heteroatoms. The molecule has 0 amide bonds. The lowest BCUT2D eigenvalue weighted by Gasteiger charge is -2.08. The highest BCUT2D eigenvalue weighted by Gasteiger charge is 2.15. The molecule has 0 saturated carbocycles. The van der Waals surface area contributed by atoms with Gasteiger partial charge in [-0.15, -0.1) is 0 Å². The van der Waals surface area contributed by atoms with Crippen molar-refractivity contribution >= 4 is 37.5 Å². The van der Waals surface area contributed by atoms with E-state index in [4.69, 9.17) is 0 Å². The zero-order valence-corrected chi connectivity index (χ0v) is 12.3. The van der Waals surface area contributed by atoms with Crippen LogP contribution in [0.4, 0.5) is 5.69 Å². The molecule has 0 atom stereocenters. The molecule has 2 aromatic carbocycles. The van der Waals surface area contributed by atoms with Gasteiger partial charge in [-0.25, -0.2) is 8.42 Å². The normalized spacial score (nSPS) is 12.0. The van der Waals surface area contributed by atoms with Crippen molar-refractivity contribution in [1.29, 1.82) is 0 Å². The summed E-state index contributed by atoms with van der Waals surface area (Å²) in [6, 6.07) is 14.3. The van der Waals surface area contributed by atoms with Crippen molar-refractivity contribution in [2.45, 2.75) is 4.90 Å². The first kappa shape index (κ1) is 13.0. The zero-order chi connectivity index (χ0) is 15.2. The molecule has 0 fully saturated rings. The molecule has 4 rings (SSSR count). The lowest BCUT2D eigenvalue weighted by atomic mass is 10.2. The van der Waals surface area contributed by atoms with Gasteiger partial charge >= 0.3 is 0 Å². The van der Waals surface area contributed by atoms with Crippen LogP contribution in [0, 0.1) is 0 Å². The van der Waals surface area contributed by atoms with E-state index in [2.05, 4.69) is 14.7 Å². The Labute approximate surface area is 127 Å². The van der Waals surface area contributed by atoms with Gasteiger partial charge in [0.25, 0.3) is 10.0 Å². The summed E-state index contributed by atoms with van der Waals surface area (Å²) in [6.07, 6.45) is 3.61. The highest BCUT2D eigenvalue weighted by Crippen LogP contribution is 2.23. The van der Waals surface area contributed by atoms with E-state index in [1.165, 1.54) is 0 Å². The summed E-state index contributed by atoms with van der Waals surface area (Å²) in [4.78, 5) is 6.32. The van der Waals surface area contributed by atoms with Crippen molar-refractivity contribution in [3.63, 3.8) is 0 Å². The minimum Gasteiger partial charge on any atom is -0.361 e. The number of aromatic nitrogens is 2. The highest BCUT2D eigenvalue weighted by atomic mass is 32.2. The molecule has 3 N–H and O–H groups in total. The van der Waals surface area contributed by atoms with Gasteiger partial charge in [0.1, 0.15) is 0 Å². The number of hydrogen-bond donors (Lipinski definition) is 3. The minimum absolute atomic E-state index is 0.231. The summed E-state index contributed by atoms with van der Waals surface area (Å²) in [7, 11) is -3.62. The van der Waals surface area contributed by atoms with Crippen LogP contribution in [0.3, 0.4) is 0 Å². The van der Waals surface area contributed by atoms with Crippen LogP contribution in [-0.2, 0) is 10.0 Å². The SMILES string of the molecule is O=S(=O)(Nc1ccc2cc[nH]c2c1)c1ccc2cc[nH]c2c1. The monoisotopic (exact) mass is 311 g/mol. The number of sulfonamides is 1. The predicted octanol–water partition coefficient (Wildman–Crippen LogP) is 3.45. The molecule has 110 valence electrons. The van der Waals surface area contributed by atoms with Gasteiger partial charge in [-0.05, 0) is 47.2 Å². The third-order valence-electron chi connectivity index (χ3n) is 3.64. The molecule has 0 aliphatic rings. The smallest absolute Gasteiger partial charge is 0.261 e. The van der Waals surface area contributed by atoms with Crippen LogP contribution >= 0.6 is 0 Å². The quantitative estimate of drug-likeness (QED) is 0.542. The van der Waals surface area contributed by atoms with Gasteiger partial charge in [0.2, 0.25) is 0 Å². The van der Waals surface area contributed by atoms with Crippen molar-refractivity contribution in [1.82, 2.24) is 9.97 Å². The van der Waals surface area contributed by atoms with Crippen molar-refractivity contribution in [3.8, 4) is 0 Å². The van der Waals surface area contributed by atoms with E-state index in [0.717, 1.165) is 21.8 Å². The molecule has 0 aliphatic carbocycles. The van der Waals surface area contributed by atoms with Gasteiger partial charge in [-0.1, -0.05) is 12.1 Å². The molecule has 0 unspecified atom stereocenters. The Balaban J connectivity index is 1.72. The molecule has 4 aromatic rings. The Kier molecular flexibility index (Phi) is 2.74. The van der Waals surface area contributed by atoms with Gasteiger partial charge in [-0.2, -0.15) is 0 Å². The summed E-state index contributed by atoms with van der Waals surface area (Å²) in [5.74, 6) is 0. The van der Waals surface area contributed by atoms with Crippen LogP contribution in [0.25, 0.3) is 21.8 Å². The molecule has 0 aliphatic heterocycles. The number of anilines is 1. The molecule has 0 spiro atoms. The summed E-state index contributed by atoms with van der Waals surface area (Å²) in [5.41, 5.74) is 2.21. The predicted molar refractivity (Wildman–Crippen MR) is 87.4 cm³/mol. The average Bonchev–Trinajstić information content (AvgIpc) is 3.14. The van der Waals surface area contributed by atoms with Gasteiger partial charge in [0.05, 0.1) is 10.6 Å². The second kappa shape index (κ2) is 4.64. The van der Waals surface area contributed by atoms with Crippen molar-refractivity contribution in [2.24, 2.45) is 0 Å². The number of nitrogens with one attached hydrogen (secondary N) is 3. The fourth-order valence-electron chi connectivity index (χ4n) is 2.52. The van der Waals surface area contributed by atoms with E-state index in [1.54, 1.807) is 36.5 Å². The molecule has 22 heavy (non-hydrogen) atoms. The number of rotatable bonds is 3. The summed E-state index contributed by atoms with van der Waals surface area (Å²) < 4.78 is 27.6. The van der Waals surface area contributed by atoms with Crippen LogP contribution < -0.4 is 4.72 Å². The van der Waals surface area contributed by atoms with E-state index >= 15 is 0 Å². The Morgan fingerprint density at radius 3 is 2.14 bits per heavy atom. The Morgan fingerprint density at radius 1 is 0.773 bits per heavy atom. The van der Waals surface area contributed by atoms with Crippen molar-refractivity contribution in [2.75, 3.05) is 4.72 Å². The fraction of sp³-hybridized carbons (Fsp3) is 0. The zero-order valence-electron chi connectivity index (χ0n) is 11.5. The average molecular weight is 311 g/mol. The van der Waals surface area contributed by atoms with E-state index < -0.39 is 10.0 Å². The van der Waals surface area contributed by atoms with Crippen LogP contribution in [-0.4, -0.2) is 18.4 Å². The number of benzene rings is 2. The first-order chi connectivity index (χ1) is 10.6. The topological polar surface area (TPSA) is 77.8 Å². The number of hydrogen-bond acceptors (Lipinski definition) is 2. The van der Waals surface area contributed by atoms with E-state index in [-0.39, 0.29) is 4.90 Å². The summed E-state index contributed by atoms with van der Waals surface area (Å²) in [5, 5.41) is 2.02. The van der Waals surface area contributed by atoms with Crippen LogP contribution in [0.2, 0.25) is 0 Å². The molecular weight excluding hydrogens is 298 g/mol. The molecule has 0 bridgehead atoms. The Morgan fingerprint density at radius 2 is 1.41 bits per heavy atom. The minimum atomic E-state index is -3.62. The van der Waals surface area contributed by atoms with Crippen molar-refractivity contribution in [3.05, 3.63) is 60.9 Å². The largest absolute Gasteiger partial charge is 0.361 e. The first-order valence-corrected chi connectivity index (χ1v) is 8.27. The summed E-state index contributed by atoms with van der Waals surface area (Å²) in [6.45, 7) is 0. The van der Waals surface area contributed by atoms with Crippen molar-refractivity contribution < 1.29 is 8.42 Å². The van der Waals surface area contributed by atoms with E-state index in [9.17, 15) is 8.42 Å². The standard InChI is InChI=1S/C16H13N3O2S/c20-22(21,14-4-2-12-6-8-18-16(12)10-14)19-13-3-1-11-5-7-17-15(11)9-13/h1-10,17-19H. The third kappa shape index (κ3) is 2.14. The van der Waals surface area contributed by atoms with Gasteiger partial charge in [0, 0.05) is 23.4 Å². The molecule has 5 nitrogen and oxygen atoms in total.